The van der Waals surface area contributed by atoms with Crippen molar-refractivity contribution in [2.75, 3.05) is 0 Å². The third-order valence-corrected chi connectivity index (χ3v) is 4.72. The van der Waals surface area contributed by atoms with Gasteiger partial charge in [-0.05, 0) is 71.9 Å². The molecule has 0 saturated carbocycles. The first-order valence-corrected chi connectivity index (χ1v) is 9.72. The standard InChI is InChI=1S/C22H17ClN4OS/c23-19-10-8-18(9-11-19)21-25-26-22(29)27(21)24-14-16-6-12-20(13-7-16)28-15-17-4-2-1-3-5-17/h1-14H,15H2,(H,26,29)/b24-14-. The highest BCUT2D eigenvalue weighted by atomic mass is 35.5. The van der Waals surface area contributed by atoms with E-state index in [2.05, 4.69) is 15.3 Å². The molecule has 0 aliphatic heterocycles. The van der Waals surface area contributed by atoms with E-state index in [0.29, 0.717) is 22.2 Å². The summed E-state index contributed by atoms with van der Waals surface area (Å²) in [5, 5.41) is 12.2. The van der Waals surface area contributed by atoms with Gasteiger partial charge < -0.3 is 4.74 Å². The van der Waals surface area contributed by atoms with Crippen molar-refractivity contribution >= 4 is 30.0 Å². The third-order valence-electron chi connectivity index (χ3n) is 4.20. The van der Waals surface area contributed by atoms with Gasteiger partial charge in [-0.1, -0.05) is 41.9 Å². The van der Waals surface area contributed by atoms with E-state index in [1.807, 2.05) is 66.7 Å². The van der Waals surface area contributed by atoms with Gasteiger partial charge in [0, 0.05) is 10.6 Å². The van der Waals surface area contributed by atoms with Crippen LogP contribution in [0.25, 0.3) is 11.4 Å². The number of ether oxygens (including phenoxy) is 1. The number of hydrogen-bond acceptors (Lipinski definition) is 4. The monoisotopic (exact) mass is 420 g/mol. The van der Waals surface area contributed by atoms with Crippen LogP contribution in [0.2, 0.25) is 5.02 Å². The lowest BCUT2D eigenvalue weighted by molar-refractivity contribution is 0.306. The summed E-state index contributed by atoms with van der Waals surface area (Å²) < 4.78 is 7.80. The SMILES string of the molecule is S=c1[nH]nc(-c2ccc(Cl)cc2)n1/N=C\c1ccc(OCc2ccccc2)cc1. The molecular formula is C22H17ClN4OS. The zero-order valence-corrected chi connectivity index (χ0v) is 16.9. The largest absolute Gasteiger partial charge is 0.489 e. The van der Waals surface area contributed by atoms with Gasteiger partial charge in [-0.25, -0.2) is 5.10 Å². The summed E-state index contributed by atoms with van der Waals surface area (Å²) in [5.41, 5.74) is 2.91. The Morgan fingerprint density at radius 3 is 2.45 bits per heavy atom. The fourth-order valence-electron chi connectivity index (χ4n) is 2.70. The molecule has 0 radical (unpaired) electrons. The maximum Gasteiger partial charge on any atom is 0.216 e. The van der Waals surface area contributed by atoms with E-state index in [1.54, 1.807) is 23.0 Å². The molecule has 0 amide bonds. The molecule has 0 bridgehead atoms. The van der Waals surface area contributed by atoms with Crippen LogP contribution in [-0.4, -0.2) is 21.1 Å². The maximum absolute atomic E-state index is 5.96. The lowest BCUT2D eigenvalue weighted by Crippen LogP contribution is -1.96. The van der Waals surface area contributed by atoms with Crippen LogP contribution >= 0.6 is 23.8 Å². The summed E-state index contributed by atoms with van der Waals surface area (Å²) in [5.74, 6) is 1.42. The van der Waals surface area contributed by atoms with Crippen LogP contribution in [0.15, 0.2) is 84.0 Å². The van der Waals surface area contributed by atoms with Gasteiger partial charge in [0.2, 0.25) is 4.77 Å². The van der Waals surface area contributed by atoms with Crippen LogP contribution in [0.4, 0.5) is 0 Å². The van der Waals surface area contributed by atoms with E-state index in [-0.39, 0.29) is 0 Å². The molecule has 0 atom stereocenters. The van der Waals surface area contributed by atoms with E-state index >= 15 is 0 Å². The van der Waals surface area contributed by atoms with Crippen molar-refractivity contribution in [1.82, 2.24) is 14.9 Å². The predicted molar refractivity (Wildman–Crippen MR) is 118 cm³/mol. The number of nitrogens with zero attached hydrogens (tertiary/aromatic N) is 3. The molecule has 5 nitrogen and oxygen atoms in total. The quantitative estimate of drug-likeness (QED) is 0.320. The van der Waals surface area contributed by atoms with Gasteiger partial charge in [-0.2, -0.15) is 14.9 Å². The third kappa shape index (κ3) is 4.80. The van der Waals surface area contributed by atoms with Gasteiger partial charge in [-0.15, -0.1) is 0 Å². The van der Waals surface area contributed by atoms with Gasteiger partial charge in [0.15, 0.2) is 5.82 Å². The lowest BCUT2D eigenvalue weighted by Gasteiger charge is -2.06. The van der Waals surface area contributed by atoms with Gasteiger partial charge in [0.1, 0.15) is 12.4 Å². The van der Waals surface area contributed by atoms with Crippen molar-refractivity contribution in [3.63, 3.8) is 0 Å². The number of hydrogen-bond donors (Lipinski definition) is 1. The van der Waals surface area contributed by atoms with Crippen LogP contribution in [-0.2, 0) is 6.61 Å². The number of rotatable bonds is 6. The molecule has 144 valence electrons. The molecule has 7 heteroatoms. The molecule has 4 aromatic rings. The number of nitrogens with one attached hydrogen (secondary N) is 1. The van der Waals surface area contributed by atoms with Crippen molar-refractivity contribution in [3.05, 3.63) is 99.8 Å². The first kappa shape index (κ1) is 19.1. The minimum absolute atomic E-state index is 0.411. The molecule has 1 heterocycles. The molecule has 0 fully saturated rings. The minimum Gasteiger partial charge on any atom is -0.489 e. The number of halogens is 1. The van der Waals surface area contributed by atoms with Crippen LogP contribution in [0.1, 0.15) is 11.1 Å². The fourth-order valence-corrected chi connectivity index (χ4v) is 3.01. The Bertz CT molecular complexity index is 1170. The summed E-state index contributed by atoms with van der Waals surface area (Å²) >= 11 is 11.3. The molecule has 29 heavy (non-hydrogen) atoms. The second kappa shape index (κ2) is 8.86. The van der Waals surface area contributed by atoms with E-state index < -0.39 is 0 Å². The molecular weight excluding hydrogens is 404 g/mol. The highest BCUT2D eigenvalue weighted by Gasteiger charge is 2.07. The van der Waals surface area contributed by atoms with Gasteiger partial charge in [0.05, 0.1) is 6.21 Å². The van der Waals surface area contributed by atoms with Gasteiger partial charge in [0.25, 0.3) is 0 Å². The van der Waals surface area contributed by atoms with Crippen LogP contribution < -0.4 is 4.74 Å². The first-order chi connectivity index (χ1) is 14.2. The van der Waals surface area contributed by atoms with Crippen molar-refractivity contribution < 1.29 is 4.74 Å². The summed E-state index contributed by atoms with van der Waals surface area (Å²) in [4.78, 5) is 0. The number of benzene rings is 3. The smallest absolute Gasteiger partial charge is 0.216 e. The van der Waals surface area contributed by atoms with Crippen molar-refractivity contribution in [3.8, 4) is 17.1 Å². The fraction of sp³-hybridized carbons (Fsp3) is 0.0455. The van der Waals surface area contributed by atoms with Gasteiger partial charge in [-0.3, -0.25) is 0 Å². The Labute approximate surface area is 178 Å². The average molecular weight is 421 g/mol. The van der Waals surface area contributed by atoms with Crippen molar-refractivity contribution in [2.45, 2.75) is 6.61 Å². The Morgan fingerprint density at radius 1 is 1.00 bits per heavy atom. The summed E-state index contributed by atoms with van der Waals surface area (Å²) in [6.45, 7) is 0.531. The Kier molecular flexibility index (Phi) is 5.84. The van der Waals surface area contributed by atoms with Crippen molar-refractivity contribution in [1.29, 1.82) is 0 Å². The highest BCUT2D eigenvalue weighted by molar-refractivity contribution is 7.71. The molecule has 0 aliphatic rings. The molecule has 0 spiro atoms. The van der Waals surface area contributed by atoms with E-state index in [9.17, 15) is 0 Å². The van der Waals surface area contributed by atoms with Crippen LogP contribution in [0.5, 0.6) is 5.75 Å². The molecule has 0 aliphatic carbocycles. The van der Waals surface area contributed by atoms with Crippen LogP contribution in [0, 0.1) is 4.77 Å². The average Bonchev–Trinajstić information content (AvgIpc) is 3.13. The van der Waals surface area contributed by atoms with Gasteiger partial charge >= 0.3 is 0 Å². The Hall–Kier alpha value is -3.22. The zero-order chi connectivity index (χ0) is 20.1. The predicted octanol–water partition coefficient (Wildman–Crippen LogP) is 5.72. The van der Waals surface area contributed by atoms with E-state index in [0.717, 1.165) is 22.4 Å². The Balaban J connectivity index is 1.48. The normalized spacial score (nSPS) is 11.1. The Morgan fingerprint density at radius 2 is 1.72 bits per heavy atom. The number of aromatic amines is 1. The summed E-state index contributed by atoms with van der Waals surface area (Å²) in [6, 6.07) is 25.1. The maximum atomic E-state index is 5.96. The second-order valence-electron chi connectivity index (χ2n) is 6.26. The zero-order valence-electron chi connectivity index (χ0n) is 15.3. The number of H-pyrrole nitrogens is 1. The van der Waals surface area contributed by atoms with E-state index in [4.69, 9.17) is 28.6 Å². The molecule has 0 saturated heterocycles. The molecule has 0 unspecified atom stereocenters. The number of aromatic nitrogens is 3. The minimum atomic E-state index is 0.411. The lowest BCUT2D eigenvalue weighted by atomic mass is 10.2. The highest BCUT2D eigenvalue weighted by Crippen LogP contribution is 2.20. The molecule has 1 N–H and O–H groups in total. The first-order valence-electron chi connectivity index (χ1n) is 8.93. The second-order valence-corrected chi connectivity index (χ2v) is 7.08. The summed E-state index contributed by atoms with van der Waals surface area (Å²) in [6.07, 6.45) is 1.73. The van der Waals surface area contributed by atoms with E-state index in [1.165, 1.54) is 0 Å². The van der Waals surface area contributed by atoms with Crippen molar-refractivity contribution in [2.24, 2.45) is 5.10 Å². The van der Waals surface area contributed by atoms with Crippen LogP contribution in [0.3, 0.4) is 0 Å². The molecule has 4 rings (SSSR count). The molecule has 3 aromatic carbocycles. The topological polar surface area (TPSA) is 55.2 Å². The molecule has 1 aromatic heterocycles. The summed E-state index contributed by atoms with van der Waals surface area (Å²) in [7, 11) is 0.